The van der Waals surface area contributed by atoms with Gasteiger partial charge in [-0.2, -0.15) is 0 Å². The van der Waals surface area contributed by atoms with Gasteiger partial charge in [-0.05, 0) is 5.56 Å². The Morgan fingerprint density at radius 2 is 1.95 bits per heavy atom. The molecule has 21 heavy (non-hydrogen) atoms. The third kappa shape index (κ3) is 1.84. The number of nitrogens with zero attached hydrogens (tertiary/aromatic N) is 4. The zero-order valence-corrected chi connectivity index (χ0v) is 13.2. The van der Waals surface area contributed by atoms with Gasteiger partial charge in [-0.15, -0.1) is 0 Å². The van der Waals surface area contributed by atoms with Crippen LogP contribution in [0.25, 0.3) is 11.0 Å². The molecule has 106 valence electrons. The highest BCUT2D eigenvalue weighted by molar-refractivity contribution is 8.00. The number of fused-ring (bicyclic) bond motifs is 3. The van der Waals surface area contributed by atoms with Crippen molar-refractivity contribution in [3.05, 3.63) is 47.4 Å². The summed E-state index contributed by atoms with van der Waals surface area (Å²) >= 11 is 8.00. The minimum Gasteiger partial charge on any atom is -0.354 e. The number of aromatic nitrogens is 3. The molecular formula is C15H13ClN4S. The maximum Gasteiger partial charge on any atom is 0.158 e. The molecule has 0 radical (unpaired) electrons. The van der Waals surface area contributed by atoms with Crippen molar-refractivity contribution in [2.75, 3.05) is 11.9 Å². The molecule has 0 amide bonds. The first kappa shape index (κ1) is 13.0. The second kappa shape index (κ2) is 4.64. The second-order valence-corrected chi connectivity index (χ2v) is 6.53. The first-order valence-electron chi connectivity index (χ1n) is 6.62. The summed E-state index contributed by atoms with van der Waals surface area (Å²) in [6.07, 6.45) is 1.78. The van der Waals surface area contributed by atoms with Crippen molar-refractivity contribution in [1.82, 2.24) is 14.5 Å². The zero-order chi connectivity index (χ0) is 14.6. The number of hydrogen-bond acceptors (Lipinski definition) is 4. The van der Waals surface area contributed by atoms with E-state index in [9.17, 15) is 0 Å². The minimum atomic E-state index is 0.213. The lowest BCUT2D eigenvalue weighted by molar-refractivity contribution is 0.895. The molecule has 0 spiro atoms. The van der Waals surface area contributed by atoms with Crippen LogP contribution >= 0.6 is 23.4 Å². The van der Waals surface area contributed by atoms with Crippen LogP contribution in [0.5, 0.6) is 0 Å². The van der Waals surface area contributed by atoms with Crippen LogP contribution in [0.1, 0.15) is 10.9 Å². The second-order valence-electron chi connectivity index (χ2n) is 5.10. The Morgan fingerprint density at radius 3 is 2.71 bits per heavy atom. The van der Waals surface area contributed by atoms with E-state index < -0.39 is 0 Å². The molecule has 1 aromatic carbocycles. The fourth-order valence-electron chi connectivity index (χ4n) is 2.77. The van der Waals surface area contributed by atoms with E-state index in [1.165, 1.54) is 5.56 Å². The Bertz CT molecular complexity index is 831. The third-order valence-corrected chi connectivity index (χ3v) is 5.35. The molecule has 1 aliphatic rings. The third-order valence-electron chi connectivity index (χ3n) is 3.77. The summed E-state index contributed by atoms with van der Waals surface area (Å²) in [4.78, 5) is 11.1. The largest absolute Gasteiger partial charge is 0.354 e. The van der Waals surface area contributed by atoms with Crippen molar-refractivity contribution in [1.29, 1.82) is 0 Å². The quantitative estimate of drug-likeness (QED) is 0.638. The van der Waals surface area contributed by atoms with Crippen LogP contribution in [0.3, 0.4) is 0 Å². The molecule has 3 heterocycles. The van der Waals surface area contributed by atoms with Crippen molar-refractivity contribution in [2.24, 2.45) is 7.05 Å². The molecule has 6 heteroatoms. The highest BCUT2D eigenvalue weighted by atomic mass is 35.5. The summed E-state index contributed by atoms with van der Waals surface area (Å²) in [5, 5.41) is 1.65. The molecule has 3 aromatic rings. The van der Waals surface area contributed by atoms with E-state index in [0.717, 1.165) is 21.7 Å². The molecule has 1 aliphatic heterocycles. The molecule has 2 aromatic heterocycles. The standard InChI is InChI=1S/C15H13ClN4S/c1-19-8-17-10-11(19)12-14(18-13(10)16)21-15(20(12)2)9-6-4-3-5-7-9/h3-8,15H,1-2H3. The highest BCUT2D eigenvalue weighted by Crippen LogP contribution is 2.52. The molecule has 4 rings (SSSR count). The fraction of sp³-hybridized carbons (Fsp3) is 0.200. The summed E-state index contributed by atoms with van der Waals surface area (Å²) < 4.78 is 2.01. The number of hydrogen-bond donors (Lipinski definition) is 0. The SMILES string of the molecule is CN1c2c(nc(Cl)c3ncn(C)c23)SC1c1ccccc1. The van der Waals surface area contributed by atoms with Crippen LogP contribution < -0.4 is 4.90 Å². The molecule has 0 N–H and O–H groups in total. The van der Waals surface area contributed by atoms with Crippen LogP contribution in [0.4, 0.5) is 5.69 Å². The predicted octanol–water partition coefficient (Wildman–Crippen LogP) is 3.86. The lowest BCUT2D eigenvalue weighted by atomic mass is 10.2. The van der Waals surface area contributed by atoms with Crippen LogP contribution in [-0.2, 0) is 7.05 Å². The van der Waals surface area contributed by atoms with Crippen molar-refractivity contribution in [3.63, 3.8) is 0 Å². The molecule has 4 nitrogen and oxygen atoms in total. The van der Waals surface area contributed by atoms with Crippen molar-refractivity contribution >= 4 is 40.1 Å². The Hall–Kier alpha value is -1.72. The van der Waals surface area contributed by atoms with Crippen LogP contribution in [0.15, 0.2) is 41.7 Å². The molecule has 0 aliphatic carbocycles. The number of imidazole rings is 1. The monoisotopic (exact) mass is 316 g/mol. The van der Waals surface area contributed by atoms with Gasteiger partial charge in [0.25, 0.3) is 0 Å². The number of aryl methyl sites for hydroxylation is 1. The normalized spacial score (nSPS) is 17.5. The van der Waals surface area contributed by atoms with E-state index in [1.807, 2.05) is 17.7 Å². The number of benzene rings is 1. The van der Waals surface area contributed by atoms with Gasteiger partial charge in [-0.3, -0.25) is 0 Å². The van der Waals surface area contributed by atoms with Gasteiger partial charge in [-0.25, -0.2) is 9.97 Å². The van der Waals surface area contributed by atoms with Gasteiger partial charge < -0.3 is 9.47 Å². The first-order valence-corrected chi connectivity index (χ1v) is 7.87. The molecule has 0 saturated heterocycles. The van der Waals surface area contributed by atoms with Gasteiger partial charge in [0.15, 0.2) is 5.15 Å². The van der Waals surface area contributed by atoms with Gasteiger partial charge >= 0.3 is 0 Å². The summed E-state index contributed by atoms with van der Waals surface area (Å²) in [5.41, 5.74) is 4.17. The minimum absolute atomic E-state index is 0.213. The van der Waals surface area contributed by atoms with Crippen LogP contribution in [-0.4, -0.2) is 21.6 Å². The van der Waals surface area contributed by atoms with E-state index in [2.05, 4.69) is 46.2 Å². The predicted molar refractivity (Wildman–Crippen MR) is 87.0 cm³/mol. The van der Waals surface area contributed by atoms with Gasteiger partial charge in [0.05, 0.1) is 17.5 Å². The summed E-state index contributed by atoms with van der Waals surface area (Å²) in [5.74, 6) is 0. The Balaban J connectivity index is 1.92. The van der Waals surface area contributed by atoms with Crippen LogP contribution in [0, 0.1) is 0 Å². The molecule has 1 atom stereocenters. The number of anilines is 1. The van der Waals surface area contributed by atoms with Gasteiger partial charge in [0.2, 0.25) is 0 Å². The Kier molecular flexibility index (Phi) is 2.87. The van der Waals surface area contributed by atoms with E-state index in [4.69, 9.17) is 11.6 Å². The average molecular weight is 317 g/mol. The van der Waals surface area contributed by atoms with E-state index in [1.54, 1.807) is 18.1 Å². The number of halogens is 1. The Labute approximate surface area is 131 Å². The van der Waals surface area contributed by atoms with E-state index in [-0.39, 0.29) is 5.37 Å². The average Bonchev–Trinajstić information content (AvgIpc) is 3.02. The summed E-state index contributed by atoms with van der Waals surface area (Å²) in [7, 11) is 4.08. The lowest BCUT2D eigenvalue weighted by Gasteiger charge is -2.22. The molecule has 0 saturated carbocycles. The van der Waals surface area contributed by atoms with E-state index in [0.29, 0.717) is 5.15 Å². The number of pyridine rings is 1. The fourth-order valence-corrected chi connectivity index (χ4v) is 4.31. The smallest absolute Gasteiger partial charge is 0.158 e. The molecule has 0 fully saturated rings. The maximum atomic E-state index is 6.28. The van der Waals surface area contributed by atoms with Crippen molar-refractivity contribution in [3.8, 4) is 0 Å². The summed E-state index contributed by atoms with van der Waals surface area (Å²) in [6, 6.07) is 10.4. The maximum absolute atomic E-state index is 6.28. The van der Waals surface area contributed by atoms with Gasteiger partial charge in [0.1, 0.15) is 15.9 Å². The van der Waals surface area contributed by atoms with Crippen molar-refractivity contribution < 1.29 is 0 Å². The van der Waals surface area contributed by atoms with Gasteiger partial charge in [0, 0.05) is 14.1 Å². The lowest BCUT2D eigenvalue weighted by Crippen LogP contribution is -2.17. The Morgan fingerprint density at radius 1 is 1.19 bits per heavy atom. The topological polar surface area (TPSA) is 34.0 Å². The van der Waals surface area contributed by atoms with Gasteiger partial charge in [-0.1, -0.05) is 53.7 Å². The zero-order valence-electron chi connectivity index (χ0n) is 11.6. The van der Waals surface area contributed by atoms with Crippen LogP contribution in [0.2, 0.25) is 5.15 Å². The first-order chi connectivity index (χ1) is 10.2. The number of thioether (sulfide) groups is 1. The molecule has 1 unspecified atom stereocenters. The summed E-state index contributed by atoms with van der Waals surface area (Å²) in [6.45, 7) is 0. The molecule has 0 bridgehead atoms. The van der Waals surface area contributed by atoms with E-state index >= 15 is 0 Å². The molecular weight excluding hydrogens is 304 g/mol. The van der Waals surface area contributed by atoms with Crippen molar-refractivity contribution in [2.45, 2.75) is 10.4 Å². The number of rotatable bonds is 1. The highest BCUT2D eigenvalue weighted by Gasteiger charge is 2.33.